The Bertz CT molecular complexity index is 386. The third-order valence-electron chi connectivity index (χ3n) is 3.16. The normalized spacial score (nSPS) is 14.6. The molecule has 1 aromatic carbocycles. The number of esters is 1. The van der Waals surface area contributed by atoms with E-state index in [2.05, 4.69) is 5.32 Å². The van der Waals surface area contributed by atoms with Crippen LogP contribution in [0.3, 0.4) is 0 Å². The average Bonchev–Trinajstić information content (AvgIpc) is 3.18. The maximum atomic E-state index is 11.5. The smallest absolute Gasteiger partial charge is 0.338 e. The fraction of sp³-hybridized carbons (Fsp3) is 0.500. The Hall–Kier alpha value is -1.35. The monoisotopic (exact) mass is 233 g/mol. The van der Waals surface area contributed by atoms with Crippen LogP contribution >= 0.6 is 0 Å². The minimum Gasteiger partial charge on any atom is -0.465 e. The van der Waals surface area contributed by atoms with Gasteiger partial charge < -0.3 is 10.1 Å². The van der Waals surface area contributed by atoms with Gasteiger partial charge in [-0.05, 0) is 30.5 Å². The molecule has 1 saturated carbocycles. The van der Waals surface area contributed by atoms with Gasteiger partial charge in [0.15, 0.2) is 0 Å². The lowest BCUT2D eigenvalue weighted by Crippen LogP contribution is -2.17. The van der Waals surface area contributed by atoms with Gasteiger partial charge in [0, 0.05) is 6.54 Å². The number of hydrogen-bond donors (Lipinski definition) is 1. The van der Waals surface area contributed by atoms with Gasteiger partial charge in [-0.1, -0.05) is 31.0 Å². The molecule has 1 fully saturated rings. The van der Waals surface area contributed by atoms with E-state index in [1.807, 2.05) is 24.3 Å². The zero-order valence-corrected chi connectivity index (χ0v) is 10.2. The first-order chi connectivity index (χ1) is 8.31. The molecule has 1 aliphatic carbocycles. The van der Waals surface area contributed by atoms with Crippen molar-refractivity contribution in [1.29, 1.82) is 0 Å². The zero-order valence-electron chi connectivity index (χ0n) is 10.2. The highest BCUT2D eigenvalue weighted by Gasteiger charge is 2.20. The van der Waals surface area contributed by atoms with Crippen LogP contribution in [0.15, 0.2) is 24.3 Å². The predicted octanol–water partition coefficient (Wildman–Crippen LogP) is 2.36. The highest BCUT2D eigenvalue weighted by molar-refractivity contribution is 5.90. The fourth-order valence-corrected chi connectivity index (χ4v) is 1.92. The Kier molecular flexibility index (Phi) is 4.15. The maximum Gasteiger partial charge on any atom is 0.338 e. The topological polar surface area (TPSA) is 38.3 Å². The van der Waals surface area contributed by atoms with E-state index in [-0.39, 0.29) is 5.97 Å². The third-order valence-corrected chi connectivity index (χ3v) is 3.16. The van der Waals surface area contributed by atoms with Gasteiger partial charge in [0.2, 0.25) is 0 Å². The van der Waals surface area contributed by atoms with E-state index in [1.54, 1.807) is 0 Å². The van der Waals surface area contributed by atoms with Gasteiger partial charge in [0.25, 0.3) is 0 Å². The van der Waals surface area contributed by atoms with Gasteiger partial charge in [-0.3, -0.25) is 0 Å². The number of rotatable bonds is 6. The molecule has 0 atom stereocenters. The molecule has 0 aliphatic heterocycles. The van der Waals surface area contributed by atoms with Gasteiger partial charge in [-0.2, -0.15) is 0 Å². The number of carbonyl (C=O) groups excluding carboxylic acids is 1. The first kappa shape index (κ1) is 12.1. The predicted molar refractivity (Wildman–Crippen MR) is 66.8 cm³/mol. The van der Waals surface area contributed by atoms with Crippen LogP contribution in [0.25, 0.3) is 0 Å². The molecule has 1 aromatic rings. The molecule has 0 bridgehead atoms. The van der Waals surface area contributed by atoms with Crippen molar-refractivity contribution in [1.82, 2.24) is 5.32 Å². The van der Waals surface area contributed by atoms with Crippen LogP contribution in [0.5, 0.6) is 0 Å². The van der Waals surface area contributed by atoms with Crippen LogP contribution < -0.4 is 5.32 Å². The standard InChI is InChI=1S/C14H19NO2/c1-17-14(16)13-5-3-2-4-12(13)10-15-9-8-11-6-7-11/h2-5,11,15H,6-10H2,1H3. The second kappa shape index (κ2) is 5.82. The number of benzene rings is 1. The number of ether oxygens (including phenoxy) is 1. The first-order valence-corrected chi connectivity index (χ1v) is 6.18. The van der Waals surface area contributed by atoms with Gasteiger partial charge in [-0.15, -0.1) is 0 Å². The Morgan fingerprint density at radius 2 is 2.18 bits per heavy atom. The molecule has 0 amide bonds. The summed E-state index contributed by atoms with van der Waals surface area (Å²) in [5.41, 5.74) is 1.67. The second-order valence-corrected chi connectivity index (χ2v) is 4.56. The molecule has 3 heteroatoms. The second-order valence-electron chi connectivity index (χ2n) is 4.56. The molecule has 0 heterocycles. The summed E-state index contributed by atoms with van der Waals surface area (Å²) in [5, 5.41) is 3.38. The first-order valence-electron chi connectivity index (χ1n) is 6.18. The molecule has 0 aromatic heterocycles. The number of hydrogen-bond acceptors (Lipinski definition) is 3. The number of methoxy groups -OCH3 is 1. The molecule has 2 rings (SSSR count). The summed E-state index contributed by atoms with van der Waals surface area (Å²) in [5.74, 6) is 0.683. The maximum absolute atomic E-state index is 11.5. The fourth-order valence-electron chi connectivity index (χ4n) is 1.92. The Balaban J connectivity index is 1.87. The highest BCUT2D eigenvalue weighted by atomic mass is 16.5. The van der Waals surface area contributed by atoms with Crippen molar-refractivity contribution in [2.75, 3.05) is 13.7 Å². The number of nitrogens with one attached hydrogen (secondary N) is 1. The minimum absolute atomic E-state index is 0.260. The van der Waals surface area contributed by atoms with Crippen molar-refractivity contribution < 1.29 is 9.53 Å². The van der Waals surface area contributed by atoms with Crippen molar-refractivity contribution in [2.24, 2.45) is 5.92 Å². The molecule has 1 aliphatic rings. The highest BCUT2D eigenvalue weighted by Crippen LogP contribution is 2.31. The summed E-state index contributed by atoms with van der Waals surface area (Å²) in [4.78, 5) is 11.5. The van der Waals surface area contributed by atoms with Gasteiger partial charge in [0.1, 0.15) is 0 Å². The largest absolute Gasteiger partial charge is 0.465 e. The van der Waals surface area contributed by atoms with E-state index in [9.17, 15) is 4.79 Å². The number of carbonyl (C=O) groups is 1. The Morgan fingerprint density at radius 3 is 2.88 bits per heavy atom. The van der Waals surface area contributed by atoms with Crippen LogP contribution in [0, 0.1) is 5.92 Å². The quantitative estimate of drug-likeness (QED) is 0.605. The van der Waals surface area contributed by atoms with Crippen molar-refractivity contribution in [3.63, 3.8) is 0 Å². The minimum atomic E-state index is -0.260. The van der Waals surface area contributed by atoms with E-state index in [4.69, 9.17) is 4.74 Å². The van der Waals surface area contributed by atoms with Crippen LogP contribution in [-0.2, 0) is 11.3 Å². The summed E-state index contributed by atoms with van der Waals surface area (Å²) < 4.78 is 4.76. The molecular formula is C14H19NO2. The van der Waals surface area contributed by atoms with Crippen LogP contribution in [0.2, 0.25) is 0 Å². The van der Waals surface area contributed by atoms with Crippen LogP contribution in [0.1, 0.15) is 35.2 Å². The van der Waals surface area contributed by atoms with E-state index >= 15 is 0 Å². The van der Waals surface area contributed by atoms with Crippen molar-refractivity contribution in [2.45, 2.75) is 25.8 Å². The summed E-state index contributed by atoms with van der Waals surface area (Å²) >= 11 is 0. The molecule has 3 nitrogen and oxygen atoms in total. The van der Waals surface area contributed by atoms with Crippen LogP contribution in [0.4, 0.5) is 0 Å². The SMILES string of the molecule is COC(=O)c1ccccc1CNCCC1CC1. The van der Waals surface area contributed by atoms with Crippen LogP contribution in [-0.4, -0.2) is 19.6 Å². The van der Waals surface area contributed by atoms with E-state index in [1.165, 1.54) is 26.4 Å². The van der Waals surface area contributed by atoms with Gasteiger partial charge in [-0.25, -0.2) is 4.79 Å². The third kappa shape index (κ3) is 3.56. The summed E-state index contributed by atoms with van der Waals surface area (Å²) in [6, 6.07) is 7.59. The molecule has 92 valence electrons. The van der Waals surface area contributed by atoms with E-state index in [0.717, 1.165) is 24.6 Å². The lowest BCUT2D eigenvalue weighted by Gasteiger charge is -2.08. The molecule has 17 heavy (non-hydrogen) atoms. The average molecular weight is 233 g/mol. The molecule has 0 saturated heterocycles. The van der Waals surface area contributed by atoms with Gasteiger partial charge in [0.05, 0.1) is 12.7 Å². The lowest BCUT2D eigenvalue weighted by molar-refractivity contribution is 0.0599. The summed E-state index contributed by atoms with van der Waals surface area (Å²) in [6.45, 7) is 1.76. The van der Waals surface area contributed by atoms with Crippen molar-refractivity contribution in [3.05, 3.63) is 35.4 Å². The lowest BCUT2D eigenvalue weighted by atomic mass is 10.1. The van der Waals surface area contributed by atoms with Gasteiger partial charge >= 0.3 is 5.97 Å². The Labute approximate surface area is 102 Å². The van der Waals surface area contributed by atoms with E-state index in [0.29, 0.717) is 5.56 Å². The Morgan fingerprint density at radius 1 is 1.41 bits per heavy atom. The summed E-state index contributed by atoms with van der Waals surface area (Å²) in [7, 11) is 1.42. The van der Waals surface area contributed by atoms with Crippen molar-refractivity contribution in [3.8, 4) is 0 Å². The molecule has 0 spiro atoms. The summed E-state index contributed by atoms with van der Waals surface area (Å²) in [6.07, 6.45) is 4.03. The van der Waals surface area contributed by atoms with Crippen molar-refractivity contribution >= 4 is 5.97 Å². The molecular weight excluding hydrogens is 214 g/mol. The molecule has 0 radical (unpaired) electrons. The molecule has 1 N–H and O–H groups in total. The zero-order chi connectivity index (χ0) is 12.1. The van der Waals surface area contributed by atoms with E-state index < -0.39 is 0 Å². The molecule has 0 unspecified atom stereocenters.